The highest BCUT2D eigenvalue weighted by atomic mass is 79.9. The minimum Gasteiger partial charge on any atom is -0.473 e. The van der Waals surface area contributed by atoms with Crippen LogP contribution in [0.3, 0.4) is 0 Å². The van der Waals surface area contributed by atoms with Gasteiger partial charge in [0.05, 0.1) is 0 Å². The predicted octanol–water partition coefficient (Wildman–Crippen LogP) is 3.98. The highest BCUT2D eigenvalue weighted by Crippen LogP contribution is 2.25. The van der Waals surface area contributed by atoms with Crippen molar-refractivity contribution in [2.75, 3.05) is 16.8 Å². The first-order chi connectivity index (χ1) is 10.7. The van der Waals surface area contributed by atoms with Gasteiger partial charge in [-0.25, -0.2) is 4.98 Å². The van der Waals surface area contributed by atoms with Crippen LogP contribution in [-0.2, 0) is 0 Å². The van der Waals surface area contributed by atoms with Gasteiger partial charge in [-0.2, -0.15) is 11.8 Å². The zero-order valence-electron chi connectivity index (χ0n) is 11.8. The lowest BCUT2D eigenvalue weighted by Crippen LogP contribution is -2.20. The van der Waals surface area contributed by atoms with Crippen LogP contribution in [-0.4, -0.2) is 28.5 Å². The maximum Gasteiger partial charge on any atom is 0.261 e. The second-order valence-electron chi connectivity index (χ2n) is 4.92. The van der Waals surface area contributed by atoms with Gasteiger partial charge in [-0.05, 0) is 42.5 Å². The Morgan fingerprint density at radius 2 is 2.27 bits per heavy atom. The number of nitrogens with zero attached hydrogens (tertiary/aromatic N) is 1. The summed E-state index contributed by atoms with van der Waals surface area (Å²) >= 11 is 5.25. The fourth-order valence-electron chi connectivity index (χ4n) is 2.19. The van der Waals surface area contributed by atoms with Crippen molar-refractivity contribution in [1.82, 2.24) is 4.98 Å². The van der Waals surface area contributed by atoms with Gasteiger partial charge in [0.1, 0.15) is 11.7 Å². The summed E-state index contributed by atoms with van der Waals surface area (Å²) in [6, 6.07) is 10.9. The van der Waals surface area contributed by atoms with Crippen molar-refractivity contribution in [1.29, 1.82) is 0 Å². The fraction of sp³-hybridized carbons (Fsp3) is 0.250. The molecule has 1 unspecified atom stereocenters. The number of thioether (sulfide) groups is 1. The van der Waals surface area contributed by atoms with Crippen molar-refractivity contribution < 1.29 is 9.53 Å². The van der Waals surface area contributed by atoms with E-state index in [2.05, 4.69) is 26.2 Å². The molecular formula is C16H15BrN2O2S. The topological polar surface area (TPSA) is 51.2 Å². The molecule has 1 aromatic heterocycles. The first-order valence-electron chi connectivity index (χ1n) is 6.99. The van der Waals surface area contributed by atoms with Crippen molar-refractivity contribution in [3.8, 4) is 5.88 Å². The minimum absolute atomic E-state index is 0.136. The van der Waals surface area contributed by atoms with Crippen molar-refractivity contribution in [2.45, 2.75) is 12.5 Å². The number of halogens is 1. The van der Waals surface area contributed by atoms with Gasteiger partial charge in [-0.3, -0.25) is 4.79 Å². The number of hydrogen-bond donors (Lipinski definition) is 1. The Bertz CT molecular complexity index is 675. The third-order valence-electron chi connectivity index (χ3n) is 3.26. The molecule has 0 bridgehead atoms. The number of amides is 1. The summed E-state index contributed by atoms with van der Waals surface area (Å²) in [7, 11) is 0. The van der Waals surface area contributed by atoms with Crippen LogP contribution in [0.1, 0.15) is 16.8 Å². The van der Waals surface area contributed by atoms with E-state index >= 15 is 0 Å². The van der Waals surface area contributed by atoms with E-state index in [-0.39, 0.29) is 12.0 Å². The van der Waals surface area contributed by atoms with Crippen molar-refractivity contribution in [3.63, 3.8) is 0 Å². The number of rotatable bonds is 4. The van der Waals surface area contributed by atoms with Gasteiger partial charge in [0.15, 0.2) is 0 Å². The lowest BCUT2D eigenvalue weighted by Gasteiger charge is -2.14. The normalized spacial score (nSPS) is 17.2. The number of nitrogens with one attached hydrogen (secondary N) is 1. The Morgan fingerprint density at radius 3 is 3.05 bits per heavy atom. The Morgan fingerprint density at radius 1 is 1.36 bits per heavy atom. The molecule has 1 aliphatic heterocycles. The first-order valence-corrected chi connectivity index (χ1v) is 8.93. The molecule has 1 N–H and O–H groups in total. The summed E-state index contributed by atoms with van der Waals surface area (Å²) in [5.74, 6) is 2.23. The molecule has 0 radical (unpaired) electrons. The predicted molar refractivity (Wildman–Crippen MR) is 92.7 cm³/mol. The van der Waals surface area contributed by atoms with E-state index in [4.69, 9.17) is 4.74 Å². The highest BCUT2D eigenvalue weighted by molar-refractivity contribution is 9.10. The average molecular weight is 379 g/mol. The number of hydrogen-bond acceptors (Lipinski definition) is 4. The van der Waals surface area contributed by atoms with Crippen LogP contribution in [0.2, 0.25) is 0 Å². The molecule has 1 saturated heterocycles. The number of carbonyl (C=O) groups is 1. The van der Waals surface area contributed by atoms with Crippen LogP contribution in [0.25, 0.3) is 0 Å². The summed E-state index contributed by atoms with van der Waals surface area (Å²) in [5.41, 5.74) is 1.19. The van der Waals surface area contributed by atoms with Crippen LogP contribution in [0.15, 0.2) is 47.1 Å². The van der Waals surface area contributed by atoms with Gasteiger partial charge in [-0.1, -0.05) is 22.0 Å². The molecule has 3 rings (SSSR count). The van der Waals surface area contributed by atoms with Crippen molar-refractivity contribution in [2.24, 2.45) is 0 Å². The van der Waals surface area contributed by atoms with Gasteiger partial charge in [0.2, 0.25) is 5.88 Å². The quantitative estimate of drug-likeness (QED) is 0.873. The van der Waals surface area contributed by atoms with Crippen LogP contribution < -0.4 is 10.1 Å². The largest absolute Gasteiger partial charge is 0.473 e. The Labute approximate surface area is 141 Å². The molecule has 0 aliphatic carbocycles. The molecule has 4 nitrogen and oxygen atoms in total. The van der Waals surface area contributed by atoms with E-state index in [9.17, 15) is 4.79 Å². The molecule has 1 atom stereocenters. The molecule has 2 aromatic rings. The van der Waals surface area contributed by atoms with Gasteiger partial charge >= 0.3 is 0 Å². The smallest absolute Gasteiger partial charge is 0.261 e. The number of ether oxygens (including phenoxy) is 1. The molecule has 1 aromatic carbocycles. The molecule has 1 amide bonds. The Kier molecular flexibility index (Phi) is 5.00. The van der Waals surface area contributed by atoms with Gasteiger partial charge in [0.25, 0.3) is 5.91 Å². The molecule has 114 valence electrons. The van der Waals surface area contributed by atoms with E-state index < -0.39 is 0 Å². The van der Waals surface area contributed by atoms with Crippen LogP contribution in [0, 0.1) is 0 Å². The molecule has 6 heteroatoms. The van der Waals surface area contributed by atoms with E-state index in [1.165, 1.54) is 0 Å². The number of aromatic nitrogens is 1. The monoisotopic (exact) mass is 378 g/mol. The molecule has 1 aliphatic rings. The highest BCUT2D eigenvalue weighted by Gasteiger charge is 2.21. The summed E-state index contributed by atoms with van der Waals surface area (Å²) in [6.45, 7) is 0. The molecule has 0 spiro atoms. The number of carbonyl (C=O) groups excluding carboxylic acids is 1. The lowest BCUT2D eigenvalue weighted by atomic mass is 10.2. The van der Waals surface area contributed by atoms with E-state index in [0.717, 1.165) is 28.1 Å². The molecule has 1 fully saturated rings. The number of benzene rings is 1. The Balaban J connectivity index is 1.76. The number of anilines is 1. The van der Waals surface area contributed by atoms with Crippen molar-refractivity contribution in [3.05, 3.63) is 52.6 Å². The molecule has 22 heavy (non-hydrogen) atoms. The van der Waals surface area contributed by atoms with E-state index in [1.807, 2.05) is 36.0 Å². The van der Waals surface area contributed by atoms with Crippen molar-refractivity contribution >= 4 is 39.3 Å². The van der Waals surface area contributed by atoms with E-state index in [0.29, 0.717) is 11.4 Å². The van der Waals surface area contributed by atoms with Gasteiger partial charge < -0.3 is 10.1 Å². The molecular weight excluding hydrogens is 364 g/mol. The zero-order valence-corrected chi connectivity index (χ0v) is 14.2. The summed E-state index contributed by atoms with van der Waals surface area (Å²) in [6.07, 6.45) is 2.78. The summed E-state index contributed by atoms with van der Waals surface area (Å²) in [4.78, 5) is 16.7. The number of pyridine rings is 1. The van der Waals surface area contributed by atoms with Crippen LogP contribution >= 0.6 is 27.7 Å². The van der Waals surface area contributed by atoms with E-state index in [1.54, 1.807) is 18.3 Å². The second-order valence-corrected chi connectivity index (χ2v) is 6.99. The zero-order chi connectivity index (χ0) is 15.4. The van der Waals surface area contributed by atoms with Crippen LogP contribution in [0.5, 0.6) is 5.88 Å². The summed E-state index contributed by atoms with van der Waals surface area (Å²) < 4.78 is 6.80. The lowest BCUT2D eigenvalue weighted by molar-refractivity contribution is 0.101. The maximum absolute atomic E-state index is 12.5. The third kappa shape index (κ3) is 3.81. The Hall–Kier alpha value is -1.53. The molecule has 0 saturated carbocycles. The maximum atomic E-state index is 12.5. The fourth-order valence-corrected chi connectivity index (χ4v) is 3.68. The molecule has 2 heterocycles. The first kappa shape index (κ1) is 15.4. The standard InChI is InChI=1S/C16H15BrN2O2S/c17-11-3-1-4-12(9-11)19-15(20)14-5-2-7-18-16(14)21-13-6-8-22-10-13/h1-5,7,9,13H,6,8,10H2,(H,19,20). The van der Waals surface area contributed by atoms with Gasteiger partial charge in [0, 0.05) is 22.1 Å². The summed E-state index contributed by atoms with van der Waals surface area (Å²) in [5, 5.41) is 2.87. The minimum atomic E-state index is -0.216. The third-order valence-corrected chi connectivity index (χ3v) is 4.89. The van der Waals surface area contributed by atoms with Crippen LogP contribution in [0.4, 0.5) is 5.69 Å². The SMILES string of the molecule is O=C(Nc1cccc(Br)c1)c1cccnc1OC1CCSC1. The second kappa shape index (κ2) is 7.15. The van der Waals surface area contributed by atoms with Gasteiger partial charge in [-0.15, -0.1) is 0 Å². The average Bonchev–Trinajstić information content (AvgIpc) is 3.01.